The maximum atomic E-state index is 11.8. The molecule has 0 spiro atoms. The molecule has 26 heavy (non-hydrogen) atoms. The molecule has 0 amide bonds. The fraction of sp³-hybridized carbons (Fsp3) is 0.389. The normalized spacial score (nSPS) is 21.7. The van der Waals surface area contributed by atoms with Crippen molar-refractivity contribution in [2.75, 3.05) is 0 Å². The molecule has 2 unspecified atom stereocenters. The number of pyridine rings is 2. The fourth-order valence-electron chi connectivity index (χ4n) is 3.88. The average molecular weight is 489 g/mol. The quantitative estimate of drug-likeness (QED) is 0.502. The van der Waals surface area contributed by atoms with E-state index in [9.17, 15) is 19.8 Å². The lowest BCUT2D eigenvalue weighted by atomic mass is 9.82. The first-order chi connectivity index (χ1) is 12.1. The molecule has 0 aliphatic heterocycles. The average Bonchev–Trinajstić information content (AvgIpc) is 2.86. The van der Waals surface area contributed by atoms with Crippen LogP contribution in [0.3, 0.4) is 0 Å². The van der Waals surface area contributed by atoms with Gasteiger partial charge in [0.15, 0.2) is 16.3 Å². The second kappa shape index (κ2) is 6.84. The molecule has 2 atom stereocenters. The van der Waals surface area contributed by atoms with Gasteiger partial charge in [0.1, 0.15) is 9.26 Å². The van der Waals surface area contributed by atoms with E-state index < -0.39 is 11.4 Å². The van der Waals surface area contributed by atoms with Gasteiger partial charge in [-0.05, 0) is 52.5 Å². The van der Waals surface area contributed by atoms with Crippen LogP contribution in [0.25, 0.3) is 0 Å². The SMILES string of the molecule is CC1(C)CCC(c2cc(O)c(Cl)nc2I)C1n1ccc(=O)c(C(=O)O)c1. The highest BCUT2D eigenvalue weighted by Crippen LogP contribution is 2.55. The lowest BCUT2D eigenvalue weighted by Gasteiger charge is -2.33. The van der Waals surface area contributed by atoms with Crippen LogP contribution in [-0.4, -0.2) is 25.7 Å². The molecule has 1 aliphatic rings. The van der Waals surface area contributed by atoms with Gasteiger partial charge in [-0.15, -0.1) is 0 Å². The zero-order valence-corrected chi connectivity index (χ0v) is 17.2. The number of aromatic nitrogens is 2. The minimum atomic E-state index is -1.24. The summed E-state index contributed by atoms with van der Waals surface area (Å²) in [4.78, 5) is 27.4. The topological polar surface area (TPSA) is 92.4 Å². The van der Waals surface area contributed by atoms with Gasteiger partial charge in [-0.1, -0.05) is 25.4 Å². The number of rotatable bonds is 3. The van der Waals surface area contributed by atoms with Crippen molar-refractivity contribution >= 4 is 40.2 Å². The zero-order chi connectivity index (χ0) is 19.2. The number of carbonyl (C=O) groups is 1. The van der Waals surface area contributed by atoms with Crippen molar-refractivity contribution < 1.29 is 15.0 Å². The van der Waals surface area contributed by atoms with E-state index >= 15 is 0 Å². The Kier molecular flexibility index (Phi) is 5.04. The Labute approximate surface area is 169 Å². The smallest absolute Gasteiger partial charge is 0.341 e. The van der Waals surface area contributed by atoms with Gasteiger partial charge < -0.3 is 14.8 Å². The number of nitrogens with zero attached hydrogens (tertiary/aromatic N) is 2. The van der Waals surface area contributed by atoms with Gasteiger partial charge in [0, 0.05) is 30.4 Å². The molecule has 0 saturated heterocycles. The lowest BCUT2D eigenvalue weighted by Crippen LogP contribution is -2.28. The molecule has 1 fully saturated rings. The third-order valence-corrected chi connectivity index (χ3v) is 6.25. The van der Waals surface area contributed by atoms with E-state index in [0.29, 0.717) is 3.70 Å². The summed E-state index contributed by atoms with van der Waals surface area (Å²) >= 11 is 8.00. The number of halogens is 2. The summed E-state index contributed by atoms with van der Waals surface area (Å²) in [6.07, 6.45) is 4.81. The number of aromatic carboxylic acids is 1. The molecular formula is C18H18ClIN2O4. The Morgan fingerprint density at radius 1 is 1.46 bits per heavy atom. The van der Waals surface area contributed by atoms with E-state index in [1.807, 2.05) is 4.57 Å². The maximum Gasteiger partial charge on any atom is 0.341 e. The van der Waals surface area contributed by atoms with Crippen LogP contribution in [0.4, 0.5) is 0 Å². The molecule has 8 heteroatoms. The Bertz CT molecular complexity index is 941. The van der Waals surface area contributed by atoms with E-state index in [1.165, 1.54) is 12.3 Å². The standard InChI is InChI=1S/C18H18ClIN2O4/c1-18(2)5-3-9(10-7-13(24)15(19)21-16(10)20)14(18)22-6-4-12(23)11(8-22)17(25)26/h4,6-9,14,24H,3,5H2,1-2H3,(H,25,26). The molecule has 2 N–H and O–H groups in total. The van der Waals surface area contributed by atoms with Gasteiger partial charge in [0.05, 0.1) is 0 Å². The third kappa shape index (κ3) is 3.34. The first-order valence-corrected chi connectivity index (χ1v) is 9.57. The van der Waals surface area contributed by atoms with Gasteiger partial charge in [0.25, 0.3) is 0 Å². The molecule has 0 bridgehead atoms. The highest BCUT2D eigenvalue weighted by molar-refractivity contribution is 14.1. The van der Waals surface area contributed by atoms with E-state index in [0.717, 1.165) is 18.4 Å². The summed E-state index contributed by atoms with van der Waals surface area (Å²) < 4.78 is 2.52. The Hall–Kier alpha value is -1.61. The number of aromatic hydroxyl groups is 1. The van der Waals surface area contributed by atoms with E-state index in [1.54, 1.807) is 12.3 Å². The summed E-state index contributed by atoms with van der Waals surface area (Å²) in [7, 11) is 0. The van der Waals surface area contributed by atoms with Crippen molar-refractivity contribution in [3.63, 3.8) is 0 Å². The molecule has 2 aromatic rings. The van der Waals surface area contributed by atoms with Crippen molar-refractivity contribution in [1.29, 1.82) is 0 Å². The van der Waals surface area contributed by atoms with Crippen molar-refractivity contribution in [1.82, 2.24) is 9.55 Å². The highest BCUT2D eigenvalue weighted by atomic mass is 127. The summed E-state index contributed by atoms with van der Waals surface area (Å²) in [6.45, 7) is 4.23. The molecule has 0 aromatic carbocycles. The summed E-state index contributed by atoms with van der Waals surface area (Å²) in [5.74, 6) is -1.30. The Morgan fingerprint density at radius 2 is 2.15 bits per heavy atom. The van der Waals surface area contributed by atoms with E-state index in [4.69, 9.17) is 11.6 Å². The first-order valence-electron chi connectivity index (χ1n) is 8.12. The van der Waals surface area contributed by atoms with E-state index in [-0.39, 0.29) is 33.8 Å². The first kappa shape index (κ1) is 19.2. The predicted octanol–water partition coefficient (Wildman–Crippen LogP) is 4.05. The second-order valence-corrected chi connectivity index (χ2v) is 8.61. The Balaban J connectivity index is 2.14. The highest BCUT2D eigenvalue weighted by Gasteiger charge is 2.44. The molecule has 1 aliphatic carbocycles. The summed E-state index contributed by atoms with van der Waals surface area (Å²) in [6, 6.07) is 2.84. The lowest BCUT2D eigenvalue weighted by molar-refractivity contribution is 0.0693. The number of hydrogen-bond donors (Lipinski definition) is 2. The molecular weight excluding hydrogens is 471 g/mol. The van der Waals surface area contributed by atoms with Crippen LogP contribution < -0.4 is 5.43 Å². The zero-order valence-electron chi connectivity index (χ0n) is 14.2. The number of carboxylic acids is 1. The molecule has 2 aromatic heterocycles. The molecule has 6 nitrogen and oxygen atoms in total. The van der Waals surface area contributed by atoms with Gasteiger partial charge in [-0.25, -0.2) is 9.78 Å². The van der Waals surface area contributed by atoms with Crippen molar-refractivity contribution in [2.24, 2.45) is 5.41 Å². The monoisotopic (exact) mass is 488 g/mol. The van der Waals surface area contributed by atoms with Gasteiger partial charge >= 0.3 is 5.97 Å². The molecule has 1 saturated carbocycles. The van der Waals surface area contributed by atoms with Crippen molar-refractivity contribution in [2.45, 2.75) is 38.6 Å². The van der Waals surface area contributed by atoms with Crippen LogP contribution in [0.1, 0.15) is 54.6 Å². The predicted molar refractivity (Wildman–Crippen MR) is 106 cm³/mol. The minimum absolute atomic E-state index is 0.0108. The van der Waals surface area contributed by atoms with Gasteiger partial charge in [-0.2, -0.15) is 0 Å². The fourth-order valence-corrected chi connectivity index (χ4v) is 4.96. The second-order valence-electron chi connectivity index (χ2n) is 7.23. The van der Waals surface area contributed by atoms with Crippen molar-refractivity contribution in [3.8, 4) is 5.75 Å². The molecule has 0 radical (unpaired) electrons. The largest absolute Gasteiger partial charge is 0.505 e. The van der Waals surface area contributed by atoms with Crippen LogP contribution in [0.2, 0.25) is 5.15 Å². The van der Waals surface area contributed by atoms with Crippen molar-refractivity contribution in [3.05, 3.63) is 54.7 Å². The number of hydrogen-bond acceptors (Lipinski definition) is 4. The van der Waals surface area contributed by atoms with Crippen LogP contribution in [-0.2, 0) is 0 Å². The Morgan fingerprint density at radius 3 is 2.81 bits per heavy atom. The third-order valence-electron chi connectivity index (χ3n) is 5.11. The molecule has 3 rings (SSSR count). The number of carboxylic acid groups (broad SMARTS) is 1. The van der Waals surface area contributed by atoms with Gasteiger partial charge in [-0.3, -0.25) is 4.79 Å². The van der Waals surface area contributed by atoms with E-state index in [2.05, 4.69) is 41.4 Å². The van der Waals surface area contributed by atoms with Crippen LogP contribution in [0, 0.1) is 9.12 Å². The molecule has 138 valence electrons. The van der Waals surface area contributed by atoms with Gasteiger partial charge in [0.2, 0.25) is 0 Å². The van der Waals surface area contributed by atoms with Crippen LogP contribution >= 0.6 is 34.2 Å². The molecule has 2 heterocycles. The summed E-state index contributed by atoms with van der Waals surface area (Å²) in [5, 5.41) is 19.3. The van der Waals surface area contributed by atoms with Crippen LogP contribution in [0.5, 0.6) is 5.75 Å². The van der Waals surface area contributed by atoms with Crippen LogP contribution in [0.15, 0.2) is 29.3 Å². The maximum absolute atomic E-state index is 11.8. The minimum Gasteiger partial charge on any atom is -0.505 e. The summed E-state index contributed by atoms with van der Waals surface area (Å²) in [5.41, 5.74) is -0.0192.